The second kappa shape index (κ2) is 6.66. The van der Waals surface area contributed by atoms with Crippen LogP contribution in [0, 0.1) is 6.92 Å². The molecule has 2 rings (SSSR count). The van der Waals surface area contributed by atoms with E-state index in [-0.39, 0.29) is 23.3 Å². The van der Waals surface area contributed by atoms with E-state index in [9.17, 15) is 22.8 Å². The highest BCUT2D eigenvalue weighted by Crippen LogP contribution is 2.34. The number of unbranched alkanes of at least 4 members (excludes halogenated alkanes) is 1. The Morgan fingerprint density at radius 3 is 2.62 bits per heavy atom. The molecular formula is C15H19F3N4O2. The average molecular weight is 344 g/mol. The monoisotopic (exact) mass is 344 g/mol. The van der Waals surface area contributed by atoms with Gasteiger partial charge in [0.25, 0.3) is 5.56 Å². The Kier molecular flexibility index (Phi) is 5.00. The Morgan fingerprint density at radius 1 is 1.38 bits per heavy atom. The van der Waals surface area contributed by atoms with E-state index in [1.54, 1.807) is 0 Å². The molecule has 24 heavy (non-hydrogen) atoms. The Balaban J connectivity index is 2.54. The number of halogens is 3. The predicted molar refractivity (Wildman–Crippen MR) is 82.6 cm³/mol. The minimum Gasteiger partial charge on any atom is -0.355 e. The van der Waals surface area contributed by atoms with E-state index < -0.39 is 23.2 Å². The van der Waals surface area contributed by atoms with Crippen molar-refractivity contribution >= 4 is 16.9 Å². The van der Waals surface area contributed by atoms with Crippen molar-refractivity contribution in [3.63, 3.8) is 0 Å². The number of hydrogen-bond acceptors (Lipinski definition) is 3. The highest BCUT2D eigenvalue weighted by Gasteiger charge is 2.36. The molecule has 2 heterocycles. The third-order valence-electron chi connectivity index (χ3n) is 3.71. The van der Waals surface area contributed by atoms with Crippen LogP contribution in [0.4, 0.5) is 13.2 Å². The molecule has 132 valence electrons. The fourth-order valence-electron chi connectivity index (χ4n) is 2.63. The van der Waals surface area contributed by atoms with Gasteiger partial charge in [0.05, 0.1) is 16.6 Å². The molecule has 2 aromatic rings. The maximum Gasteiger partial charge on any atom is 0.417 e. The van der Waals surface area contributed by atoms with Crippen molar-refractivity contribution in [2.75, 3.05) is 6.54 Å². The molecule has 9 heteroatoms. The number of carbonyl (C=O) groups is 1. The number of nitrogens with zero attached hydrogens (tertiary/aromatic N) is 3. The number of carbonyl (C=O) groups excluding carboxylic acids is 1. The van der Waals surface area contributed by atoms with Gasteiger partial charge in [-0.25, -0.2) is 0 Å². The summed E-state index contributed by atoms with van der Waals surface area (Å²) >= 11 is 0. The van der Waals surface area contributed by atoms with Gasteiger partial charge in [-0.3, -0.25) is 18.8 Å². The fourth-order valence-corrected chi connectivity index (χ4v) is 2.63. The summed E-state index contributed by atoms with van der Waals surface area (Å²) < 4.78 is 41.9. The molecule has 0 aliphatic carbocycles. The van der Waals surface area contributed by atoms with Gasteiger partial charge in [-0.15, -0.1) is 0 Å². The summed E-state index contributed by atoms with van der Waals surface area (Å²) in [6, 6.07) is 0.524. The lowest BCUT2D eigenvalue weighted by Crippen LogP contribution is -2.34. The third kappa shape index (κ3) is 3.44. The van der Waals surface area contributed by atoms with Gasteiger partial charge in [0.15, 0.2) is 0 Å². The summed E-state index contributed by atoms with van der Waals surface area (Å²) in [5, 5.41) is 6.46. The Morgan fingerprint density at radius 2 is 2.04 bits per heavy atom. The van der Waals surface area contributed by atoms with Crippen molar-refractivity contribution in [2.45, 2.75) is 39.4 Å². The summed E-state index contributed by atoms with van der Waals surface area (Å²) in [5.74, 6) is -0.425. The van der Waals surface area contributed by atoms with Crippen molar-refractivity contribution in [1.29, 1.82) is 0 Å². The molecule has 0 bridgehead atoms. The molecule has 2 aromatic heterocycles. The lowest BCUT2D eigenvalue weighted by molar-refractivity contribution is -0.136. The van der Waals surface area contributed by atoms with Gasteiger partial charge in [-0.1, -0.05) is 13.3 Å². The van der Waals surface area contributed by atoms with Gasteiger partial charge in [0.2, 0.25) is 5.91 Å². The van der Waals surface area contributed by atoms with Gasteiger partial charge < -0.3 is 5.32 Å². The minimum atomic E-state index is -4.67. The van der Waals surface area contributed by atoms with Gasteiger partial charge >= 0.3 is 6.18 Å². The molecule has 1 N–H and O–H groups in total. The normalized spacial score (nSPS) is 11.9. The average Bonchev–Trinajstić information content (AvgIpc) is 2.76. The molecule has 0 aliphatic rings. The van der Waals surface area contributed by atoms with Crippen LogP contribution < -0.4 is 10.9 Å². The molecule has 0 fully saturated rings. The summed E-state index contributed by atoms with van der Waals surface area (Å²) in [5.41, 5.74) is -1.78. The van der Waals surface area contributed by atoms with Gasteiger partial charge in [0, 0.05) is 19.7 Å². The summed E-state index contributed by atoms with van der Waals surface area (Å²) in [6.07, 6.45) is -2.99. The molecule has 6 nitrogen and oxygen atoms in total. The molecule has 0 radical (unpaired) electrons. The second-order valence-corrected chi connectivity index (χ2v) is 5.59. The van der Waals surface area contributed by atoms with Gasteiger partial charge in [-0.2, -0.15) is 18.3 Å². The van der Waals surface area contributed by atoms with Crippen LogP contribution in [0.2, 0.25) is 0 Å². The first-order valence-corrected chi connectivity index (χ1v) is 7.57. The van der Waals surface area contributed by atoms with Crippen LogP contribution in [-0.4, -0.2) is 26.8 Å². The van der Waals surface area contributed by atoms with Crippen molar-refractivity contribution in [3.05, 3.63) is 27.7 Å². The standard InChI is InChI=1S/C15H19F3N4O2/c1-4-5-6-19-11(23)8-22-12(24)7-10(15(16,17)18)13-9(2)20-21(3)14(13)22/h7H,4-6,8H2,1-3H3,(H,19,23). The van der Waals surface area contributed by atoms with Gasteiger partial charge in [0.1, 0.15) is 12.2 Å². The van der Waals surface area contributed by atoms with Crippen LogP contribution in [0.15, 0.2) is 10.9 Å². The quantitative estimate of drug-likeness (QED) is 0.844. The van der Waals surface area contributed by atoms with Gasteiger partial charge in [-0.05, 0) is 13.3 Å². The maximum atomic E-state index is 13.2. The van der Waals surface area contributed by atoms with Crippen LogP contribution in [0.1, 0.15) is 31.0 Å². The largest absolute Gasteiger partial charge is 0.417 e. The highest BCUT2D eigenvalue weighted by molar-refractivity contribution is 5.85. The maximum absolute atomic E-state index is 13.2. The number of amides is 1. The molecular weight excluding hydrogens is 325 g/mol. The molecule has 0 unspecified atom stereocenters. The van der Waals surface area contributed by atoms with Crippen molar-refractivity contribution in [1.82, 2.24) is 19.7 Å². The molecule has 0 aliphatic heterocycles. The van der Waals surface area contributed by atoms with Crippen LogP contribution in [0.25, 0.3) is 11.0 Å². The molecule has 0 saturated carbocycles. The van der Waals surface area contributed by atoms with Crippen LogP contribution >= 0.6 is 0 Å². The van der Waals surface area contributed by atoms with Crippen molar-refractivity contribution in [3.8, 4) is 0 Å². The number of rotatable bonds is 5. The predicted octanol–water partition coefficient (Wildman–Crippen LogP) is 1.98. The lowest BCUT2D eigenvalue weighted by Gasteiger charge is -2.13. The van der Waals surface area contributed by atoms with Crippen molar-refractivity contribution in [2.24, 2.45) is 7.05 Å². The van der Waals surface area contributed by atoms with E-state index in [0.29, 0.717) is 12.6 Å². The zero-order valence-corrected chi connectivity index (χ0v) is 13.7. The number of aromatic nitrogens is 3. The van der Waals surface area contributed by atoms with E-state index in [0.717, 1.165) is 17.4 Å². The fraction of sp³-hybridized carbons (Fsp3) is 0.533. The van der Waals surface area contributed by atoms with E-state index in [1.807, 2.05) is 6.92 Å². The van der Waals surface area contributed by atoms with Crippen molar-refractivity contribution < 1.29 is 18.0 Å². The van der Waals surface area contributed by atoms with E-state index in [2.05, 4.69) is 10.4 Å². The Hall–Kier alpha value is -2.32. The van der Waals surface area contributed by atoms with E-state index >= 15 is 0 Å². The Labute approximate surface area is 136 Å². The number of hydrogen-bond donors (Lipinski definition) is 1. The minimum absolute atomic E-state index is 0.0158. The SMILES string of the molecule is CCCCNC(=O)Cn1c(=O)cc(C(F)(F)F)c2c(C)nn(C)c21. The van der Waals surface area contributed by atoms with Crippen LogP contribution in [0.5, 0.6) is 0 Å². The topological polar surface area (TPSA) is 68.9 Å². The number of aryl methyl sites for hydroxylation is 2. The molecule has 1 amide bonds. The molecule has 0 saturated heterocycles. The smallest absolute Gasteiger partial charge is 0.355 e. The number of pyridine rings is 1. The zero-order valence-electron chi connectivity index (χ0n) is 13.7. The first kappa shape index (κ1) is 18.0. The lowest BCUT2D eigenvalue weighted by atomic mass is 10.1. The highest BCUT2D eigenvalue weighted by atomic mass is 19.4. The first-order valence-electron chi connectivity index (χ1n) is 7.57. The molecule has 0 aromatic carbocycles. The number of alkyl halides is 3. The third-order valence-corrected chi connectivity index (χ3v) is 3.71. The van der Waals surface area contributed by atoms with E-state index in [4.69, 9.17) is 0 Å². The van der Waals surface area contributed by atoms with Crippen LogP contribution in [-0.2, 0) is 24.6 Å². The Bertz CT molecular complexity index is 821. The molecule has 0 atom stereocenters. The zero-order chi connectivity index (χ0) is 18.1. The number of nitrogens with one attached hydrogen (secondary N) is 1. The first-order chi connectivity index (χ1) is 11.2. The second-order valence-electron chi connectivity index (χ2n) is 5.59. The van der Waals surface area contributed by atoms with E-state index in [1.165, 1.54) is 18.7 Å². The summed E-state index contributed by atoms with van der Waals surface area (Å²) in [7, 11) is 1.44. The summed E-state index contributed by atoms with van der Waals surface area (Å²) in [4.78, 5) is 24.1. The summed E-state index contributed by atoms with van der Waals surface area (Å²) in [6.45, 7) is 3.51. The number of fused-ring (bicyclic) bond motifs is 1. The van der Waals surface area contributed by atoms with Crippen LogP contribution in [0.3, 0.4) is 0 Å². The molecule has 0 spiro atoms.